The summed E-state index contributed by atoms with van der Waals surface area (Å²) >= 11 is 0. The molecule has 2 heterocycles. The van der Waals surface area contributed by atoms with E-state index in [1.165, 1.54) is 42.4 Å². The van der Waals surface area contributed by atoms with E-state index < -0.39 is 0 Å². The average Bonchev–Trinajstić information content (AvgIpc) is 3.08. The minimum atomic E-state index is 0.326. The van der Waals surface area contributed by atoms with Crippen LogP contribution in [0, 0.1) is 11.8 Å². The predicted octanol–water partition coefficient (Wildman–Crippen LogP) is 4.37. The zero-order valence-electron chi connectivity index (χ0n) is 15.6. The van der Waals surface area contributed by atoms with Crippen LogP contribution >= 0.6 is 0 Å². The van der Waals surface area contributed by atoms with Gasteiger partial charge in [0.25, 0.3) is 0 Å². The van der Waals surface area contributed by atoms with Gasteiger partial charge >= 0.3 is 0 Å². The molecule has 2 N–H and O–H groups in total. The van der Waals surface area contributed by atoms with Crippen LogP contribution in [0.25, 0.3) is 0 Å². The van der Waals surface area contributed by atoms with E-state index in [1.54, 1.807) is 0 Å². The van der Waals surface area contributed by atoms with Crippen molar-refractivity contribution < 1.29 is 0 Å². The summed E-state index contributed by atoms with van der Waals surface area (Å²) in [4.78, 5) is 7.02. The fraction of sp³-hybridized carbons (Fsp3) is 0.500. The SMILES string of the molecule is C=C(C1=CN2C(=NCC2C(C)=CC=CC)C=C1)C1CCC(CN)CC1. The molecular formula is C22H31N3. The van der Waals surface area contributed by atoms with Crippen LogP contribution in [-0.2, 0) is 0 Å². The summed E-state index contributed by atoms with van der Waals surface area (Å²) < 4.78 is 0. The van der Waals surface area contributed by atoms with Crippen LogP contribution in [0.15, 0.2) is 64.9 Å². The minimum absolute atomic E-state index is 0.326. The molecule has 1 saturated carbocycles. The average molecular weight is 338 g/mol. The maximum Gasteiger partial charge on any atom is 0.128 e. The van der Waals surface area contributed by atoms with Gasteiger partial charge in [-0.15, -0.1) is 0 Å². The van der Waals surface area contributed by atoms with Crippen molar-refractivity contribution in [3.63, 3.8) is 0 Å². The summed E-state index contributed by atoms with van der Waals surface area (Å²) in [6.07, 6.45) is 17.9. The maximum atomic E-state index is 5.83. The fourth-order valence-corrected chi connectivity index (χ4v) is 4.06. The molecule has 1 fully saturated rings. The number of fused-ring (bicyclic) bond motifs is 1. The summed E-state index contributed by atoms with van der Waals surface area (Å²) in [6.45, 7) is 10.3. The summed E-state index contributed by atoms with van der Waals surface area (Å²) in [5.41, 5.74) is 9.72. The van der Waals surface area contributed by atoms with E-state index in [4.69, 9.17) is 10.7 Å². The van der Waals surface area contributed by atoms with E-state index >= 15 is 0 Å². The Bertz CT molecular complexity index is 655. The van der Waals surface area contributed by atoms with E-state index in [-0.39, 0.29) is 0 Å². The second-order valence-corrected chi connectivity index (χ2v) is 7.45. The zero-order valence-corrected chi connectivity index (χ0v) is 15.6. The van der Waals surface area contributed by atoms with Gasteiger partial charge < -0.3 is 10.6 Å². The van der Waals surface area contributed by atoms with Crippen molar-refractivity contribution in [3.8, 4) is 0 Å². The standard InChI is InChI=1S/C22H31N3/c1-4-5-6-16(2)21-14-24-22-12-11-20(15-25(21)22)17(3)19-9-7-18(13-23)8-10-19/h4-6,11-12,15,18-19,21H,3,7-10,13-14,23H2,1-2H3. The van der Waals surface area contributed by atoms with E-state index in [0.717, 1.165) is 18.9 Å². The first-order chi connectivity index (χ1) is 12.1. The van der Waals surface area contributed by atoms with Crippen LogP contribution in [0.5, 0.6) is 0 Å². The molecule has 134 valence electrons. The van der Waals surface area contributed by atoms with Crippen LogP contribution in [0.1, 0.15) is 39.5 Å². The second-order valence-electron chi connectivity index (χ2n) is 7.45. The summed E-state index contributed by atoms with van der Waals surface area (Å²) in [6, 6.07) is 0.326. The highest BCUT2D eigenvalue weighted by molar-refractivity contribution is 5.97. The number of hydrogen-bond acceptors (Lipinski definition) is 3. The van der Waals surface area contributed by atoms with Crippen molar-refractivity contribution in [1.82, 2.24) is 4.90 Å². The number of nitrogens with two attached hydrogens (primary N) is 1. The van der Waals surface area contributed by atoms with Crippen LogP contribution in [-0.4, -0.2) is 29.9 Å². The predicted molar refractivity (Wildman–Crippen MR) is 107 cm³/mol. The molecule has 1 aliphatic carbocycles. The highest BCUT2D eigenvalue weighted by atomic mass is 15.3. The molecule has 3 heteroatoms. The normalized spacial score (nSPS) is 29.6. The van der Waals surface area contributed by atoms with Crippen molar-refractivity contribution in [3.05, 3.63) is 59.9 Å². The quantitative estimate of drug-likeness (QED) is 0.757. The highest BCUT2D eigenvalue weighted by Gasteiger charge is 2.30. The number of allylic oxidation sites excluding steroid dienone is 6. The lowest BCUT2D eigenvalue weighted by Crippen LogP contribution is -2.34. The lowest BCUT2D eigenvalue weighted by molar-refractivity contribution is 0.309. The van der Waals surface area contributed by atoms with Gasteiger partial charge in [-0.1, -0.05) is 24.8 Å². The Hall–Kier alpha value is -1.87. The van der Waals surface area contributed by atoms with Gasteiger partial charge in [0.1, 0.15) is 5.84 Å². The summed E-state index contributed by atoms with van der Waals surface area (Å²) in [7, 11) is 0. The summed E-state index contributed by atoms with van der Waals surface area (Å²) in [5, 5.41) is 0. The largest absolute Gasteiger partial charge is 0.330 e. The van der Waals surface area contributed by atoms with Crippen LogP contribution < -0.4 is 5.73 Å². The molecule has 3 rings (SSSR count). The lowest BCUT2D eigenvalue weighted by Gasteiger charge is -2.32. The van der Waals surface area contributed by atoms with E-state index in [2.05, 4.69) is 55.0 Å². The number of amidine groups is 1. The van der Waals surface area contributed by atoms with Crippen molar-refractivity contribution in [1.29, 1.82) is 0 Å². The molecule has 25 heavy (non-hydrogen) atoms. The van der Waals surface area contributed by atoms with Gasteiger partial charge in [-0.2, -0.15) is 0 Å². The van der Waals surface area contributed by atoms with E-state index in [9.17, 15) is 0 Å². The molecule has 0 spiro atoms. The van der Waals surface area contributed by atoms with Crippen molar-refractivity contribution >= 4 is 5.84 Å². The molecular weight excluding hydrogens is 306 g/mol. The first kappa shape index (κ1) is 17.9. The van der Waals surface area contributed by atoms with Gasteiger partial charge in [-0.05, 0) is 86.8 Å². The molecule has 3 nitrogen and oxygen atoms in total. The molecule has 1 atom stereocenters. The molecule has 0 aromatic carbocycles. The van der Waals surface area contributed by atoms with Crippen LogP contribution in [0.4, 0.5) is 0 Å². The molecule has 1 unspecified atom stereocenters. The Labute approximate surface area is 152 Å². The molecule has 0 amide bonds. The fourth-order valence-electron chi connectivity index (χ4n) is 4.06. The molecule has 3 aliphatic rings. The van der Waals surface area contributed by atoms with Gasteiger partial charge in [0.15, 0.2) is 0 Å². The third kappa shape index (κ3) is 3.87. The molecule has 0 radical (unpaired) electrons. The minimum Gasteiger partial charge on any atom is -0.330 e. The molecule has 0 saturated heterocycles. The Morgan fingerprint density at radius 2 is 2.08 bits per heavy atom. The Balaban J connectivity index is 1.72. The van der Waals surface area contributed by atoms with Gasteiger partial charge in [0.2, 0.25) is 0 Å². The molecule has 0 aromatic heterocycles. The van der Waals surface area contributed by atoms with Gasteiger partial charge in [0, 0.05) is 6.20 Å². The van der Waals surface area contributed by atoms with E-state index in [1.807, 2.05) is 6.92 Å². The van der Waals surface area contributed by atoms with Crippen LogP contribution in [0.2, 0.25) is 0 Å². The van der Waals surface area contributed by atoms with Crippen molar-refractivity contribution in [2.45, 2.75) is 45.6 Å². The molecule has 2 aliphatic heterocycles. The first-order valence-corrected chi connectivity index (χ1v) is 9.55. The van der Waals surface area contributed by atoms with Crippen molar-refractivity contribution in [2.75, 3.05) is 13.1 Å². The maximum absolute atomic E-state index is 5.83. The Morgan fingerprint density at radius 3 is 2.76 bits per heavy atom. The highest BCUT2D eigenvalue weighted by Crippen LogP contribution is 2.36. The van der Waals surface area contributed by atoms with Gasteiger partial charge in [-0.25, -0.2) is 0 Å². The second kappa shape index (κ2) is 8.01. The third-order valence-electron chi connectivity index (χ3n) is 5.84. The van der Waals surface area contributed by atoms with Gasteiger partial charge in [0.05, 0.1) is 12.6 Å². The van der Waals surface area contributed by atoms with Crippen molar-refractivity contribution in [2.24, 2.45) is 22.6 Å². The summed E-state index contributed by atoms with van der Waals surface area (Å²) in [5.74, 6) is 2.38. The number of rotatable bonds is 5. The Morgan fingerprint density at radius 1 is 1.32 bits per heavy atom. The first-order valence-electron chi connectivity index (χ1n) is 9.55. The number of aliphatic imine (C=N–C) groups is 1. The molecule has 0 aromatic rings. The number of hydrogen-bond donors (Lipinski definition) is 1. The zero-order chi connectivity index (χ0) is 17.8. The third-order valence-corrected chi connectivity index (χ3v) is 5.84. The smallest absolute Gasteiger partial charge is 0.128 e. The molecule has 0 bridgehead atoms. The topological polar surface area (TPSA) is 41.6 Å². The van der Waals surface area contributed by atoms with Gasteiger partial charge in [-0.3, -0.25) is 4.99 Å². The lowest BCUT2D eigenvalue weighted by atomic mass is 9.77. The monoisotopic (exact) mass is 337 g/mol. The van der Waals surface area contributed by atoms with Crippen LogP contribution in [0.3, 0.4) is 0 Å². The van der Waals surface area contributed by atoms with E-state index in [0.29, 0.717) is 17.9 Å². The number of nitrogens with zero attached hydrogens (tertiary/aromatic N) is 2. The Kier molecular flexibility index (Phi) is 5.74.